The normalized spacial score (nSPS) is 24.1. The Labute approximate surface area is 380 Å². The number of hydrogen-bond donors (Lipinski definition) is 4. The minimum absolute atomic E-state index is 0.00511. The van der Waals surface area contributed by atoms with E-state index in [1.807, 2.05) is 78.9 Å². The smallest absolute Gasteiger partial charge is 0.411 e. The van der Waals surface area contributed by atoms with Crippen LogP contribution in [0.5, 0.6) is 0 Å². The maximum Gasteiger partial charge on any atom is 0.411 e. The number of H-pyrrole nitrogens is 1. The summed E-state index contributed by atoms with van der Waals surface area (Å²) in [6.45, 7) is 5.71. The molecule has 6 aromatic rings. The minimum atomic E-state index is -0.907. The van der Waals surface area contributed by atoms with E-state index < -0.39 is 41.4 Å². The highest BCUT2D eigenvalue weighted by Gasteiger charge is 2.54. The van der Waals surface area contributed by atoms with Gasteiger partial charge in [0, 0.05) is 58.0 Å². The first-order valence-electron chi connectivity index (χ1n) is 23.0. The first-order chi connectivity index (χ1) is 31.7. The molecule has 2 saturated carbocycles. The summed E-state index contributed by atoms with van der Waals surface area (Å²) in [5.74, 6) is -0.636. The van der Waals surface area contributed by atoms with Gasteiger partial charge in [0.25, 0.3) is 11.1 Å². The number of aromatic nitrogens is 2. The molecule has 2 unspecified atom stereocenters. The number of para-hydroxylation sites is 2. The topological polar surface area (TPSA) is 202 Å². The van der Waals surface area contributed by atoms with Crippen LogP contribution in [0.1, 0.15) is 70.4 Å². The van der Waals surface area contributed by atoms with Crippen molar-refractivity contribution in [2.24, 2.45) is 11.8 Å². The second-order valence-electron chi connectivity index (χ2n) is 19.9. The Bertz CT molecular complexity index is 3190. The molecule has 2 aliphatic heterocycles. The lowest BCUT2D eigenvalue weighted by Crippen LogP contribution is -2.56. The van der Waals surface area contributed by atoms with Crippen LogP contribution in [0.25, 0.3) is 43.4 Å². The van der Waals surface area contributed by atoms with E-state index in [4.69, 9.17) is 4.74 Å². The third-order valence-corrected chi connectivity index (χ3v) is 14.4. The predicted octanol–water partition coefficient (Wildman–Crippen LogP) is 6.25. The van der Waals surface area contributed by atoms with E-state index >= 15 is 0 Å². The highest BCUT2D eigenvalue weighted by molar-refractivity contribution is 6.06. The Hall–Kier alpha value is -7.03. The SMILES string of the molecule is CC(C)(C)OC(=O)N1[C@@H]2CC[C@@H](C2)[C@H]1C(=O)NC(C#N)Cc1ccc2c(c1)c(=O)n(C[C@@]13CC[C@@H](C1)[C@@H](C(=O)NC(C#N)Cc1ccc4c(c1)c(=O)[nH]c1ccccc14)N3)c1ccccc21. The van der Waals surface area contributed by atoms with Crippen LogP contribution in [-0.4, -0.2) is 73.7 Å². The summed E-state index contributed by atoms with van der Waals surface area (Å²) in [6.07, 6.45) is 4.45. The lowest BCUT2D eigenvalue weighted by Gasteiger charge is -2.35. The number of rotatable bonds is 10. The van der Waals surface area contributed by atoms with Crippen LogP contribution in [0.4, 0.5) is 4.79 Å². The molecule has 0 radical (unpaired) electrons. The number of likely N-dealkylation sites (tertiary alicyclic amines) is 1. The van der Waals surface area contributed by atoms with Crippen LogP contribution in [-0.2, 0) is 33.7 Å². The number of ether oxygens (including phenoxy) is 1. The number of benzene rings is 4. The Morgan fingerprint density at radius 2 is 1.44 bits per heavy atom. The number of nitrogens with zero attached hydrogens (tertiary/aromatic N) is 4. The van der Waals surface area contributed by atoms with Gasteiger partial charge in [-0.25, -0.2) is 4.79 Å². The lowest BCUT2D eigenvalue weighted by molar-refractivity contribution is -0.128. The maximum atomic E-state index is 14.7. The van der Waals surface area contributed by atoms with Gasteiger partial charge >= 0.3 is 6.09 Å². The number of aromatic amines is 1. The Kier molecular flexibility index (Phi) is 10.7. The summed E-state index contributed by atoms with van der Waals surface area (Å²) in [5.41, 5.74) is 1.31. The average Bonchev–Trinajstić information content (AvgIpc) is 4.11. The van der Waals surface area contributed by atoms with Crippen molar-refractivity contribution in [3.8, 4) is 12.1 Å². The molecule has 2 aromatic heterocycles. The van der Waals surface area contributed by atoms with Gasteiger partial charge in [0.15, 0.2) is 0 Å². The van der Waals surface area contributed by atoms with E-state index in [1.54, 1.807) is 36.3 Å². The van der Waals surface area contributed by atoms with E-state index in [-0.39, 0.29) is 53.7 Å². The first kappa shape index (κ1) is 42.9. The van der Waals surface area contributed by atoms with Gasteiger partial charge in [0.05, 0.1) is 23.7 Å². The standard InChI is InChI=1S/C52H52N8O6/c1-51(2,3)66-50(65)60-35-15-14-31(24-35)45(60)48(63)56-34(27-54)21-30-13-17-37-39-9-5-7-11-43(39)59(49(64)41(37)23-30)28-52-19-18-32(25-52)44(58-52)47(62)55-33(26-53)20-29-12-16-36-38-8-4-6-10-42(38)57-46(61)40(36)22-29/h4-13,16-17,22-23,31-35,44-45,58H,14-15,18-21,24-25,28H2,1-3H3,(H,55,62)(H,56,63)(H,57,61)/t31-,32-,33?,34?,35+,44-,45-,52+/m0/s1. The van der Waals surface area contributed by atoms with Crippen molar-refractivity contribution in [1.29, 1.82) is 10.5 Å². The summed E-state index contributed by atoms with van der Waals surface area (Å²) in [5, 5.41) is 34.4. The lowest BCUT2D eigenvalue weighted by atomic mass is 9.95. The van der Waals surface area contributed by atoms with E-state index in [0.717, 1.165) is 70.2 Å². The third kappa shape index (κ3) is 7.73. The molecular weight excluding hydrogens is 833 g/mol. The highest BCUT2D eigenvalue weighted by Crippen LogP contribution is 2.45. The fourth-order valence-corrected chi connectivity index (χ4v) is 11.6. The molecule has 4 heterocycles. The van der Waals surface area contributed by atoms with E-state index in [2.05, 4.69) is 33.1 Å². The van der Waals surface area contributed by atoms with Gasteiger partial charge in [-0.2, -0.15) is 10.5 Å². The molecule has 2 aliphatic carbocycles. The van der Waals surface area contributed by atoms with Gasteiger partial charge in [-0.1, -0.05) is 60.7 Å². The largest absolute Gasteiger partial charge is 0.444 e. The second kappa shape index (κ2) is 16.4. The molecule has 66 heavy (non-hydrogen) atoms. The molecule has 14 heteroatoms. The zero-order valence-corrected chi connectivity index (χ0v) is 37.2. The van der Waals surface area contributed by atoms with Gasteiger partial charge < -0.3 is 24.9 Å². The number of carbonyl (C=O) groups excluding carboxylic acids is 3. The number of hydrogen-bond acceptors (Lipinski definition) is 9. The summed E-state index contributed by atoms with van der Waals surface area (Å²) in [4.78, 5) is 73.2. The molecule has 336 valence electrons. The monoisotopic (exact) mass is 884 g/mol. The van der Waals surface area contributed by atoms with Crippen molar-refractivity contribution in [2.75, 3.05) is 0 Å². The molecule has 2 saturated heterocycles. The number of piperidine rings is 2. The van der Waals surface area contributed by atoms with Crippen molar-refractivity contribution in [2.45, 2.75) is 120 Å². The number of nitrogens with one attached hydrogen (secondary N) is 4. The zero-order valence-electron chi connectivity index (χ0n) is 37.2. The van der Waals surface area contributed by atoms with Crippen LogP contribution in [0.2, 0.25) is 0 Å². The average molecular weight is 885 g/mol. The van der Waals surface area contributed by atoms with Crippen LogP contribution < -0.4 is 27.1 Å². The number of amides is 3. The molecule has 8 atom stereocenters. The van der Waals surface area contributed by atoms with Crippen molar-refractivity contribution in [1.82, 2.24) is 30.4 Å². The molecule has 4 aliphatic rings. The molecule has 14 nitrogen and oxygen atoms in total. The Morgan fingerprint density at radius 1 is 0.788 bits per heavy atom. The molecule has 0 spiro atoms. The highest BCUT2D eigenvalue weighted by atomic mass is 16.6. The van der Waals surface area contributed by atoms with Crippen molar-refractivity contribution in [3.05, 3.63) is 117 Å². The first-order valence-corrected chi connectivity index (χ1v) is 23.0. The van der Waals surface area contributed by atoms with Crippen LogP contribution in [0.15, 0.2) is 94.5 Å². The molecule has 4 aromatic carbocycles. The Morgan fingerprint density at radius 3 is 2.15 bits per heavy atom. The van der Waals surface area contributed by atoms with Gasteiger partial charge in [-0.15, -0.1) is 0 Å². The van der Waals surface area contributed by atoms with Gasteiger partial charge in [0.2, 0.25) is 11.8 Å². The van der Waals surface area contributed by atoms with E-state index in [0.29, 0.717) is 29.3 Å². The van der Waals surface area contributed by atoms with Crippen molar-refractivity contribution < 1.29 is 19.1 Å². The van der Waals surface area contributed by atoms with Crippen molar-refractivity contribution in [3.63, 3.8) is 0 Å². The van der Waals surface area contributed by atoms with Gasteiger partial charge in [-0.3, -0.25) is 29.4 Å². The van der Waals surface area contributed by atoms with E-state index in [9.17, 15) is 34.5 Å². The summed E-state index contributed by atoms with van der Waals surface area (Å²) < 4.78 is 7.47. The third-order valence-electron chi connectivity index (χ3n) is 14.4. The number of pyridine rings is 2. The summed E-state index contributed by atoms with van der Waals surface area (Å²) in [6, 6.07) is 28.0. The maximum absolute atomic E-state index is 14.7. The molecule has 4 N–H and O–H groups in total. The van der Waals surface area contributed by atoms with Gasteiger partial charge in [-0.05, 0) is 117 Å². The van der Waals surface area contributed by atoms with Crippen LogP contribution >= 0.6 is 0 Å². The summed E-state index contributed by atoms with van der Waals surface area (Å²) in [7, 11) is 0. The molecule has 4 bridgehead atoms. The minimum Gasteiger partial charge on any atom is -0.444 e. The van der Waals surface area contributed by atoms with Crippen LogP contribution in [0.3, 0.4) is 0 Å². The van der Waals surface area contributed by atoms with Gasteiger partial charge in [0.1, 0.15) is 23.7 Å². The number of nitriles is 2. The Balaban J connectivity index is 0.853. The van der Waals surface area contributed by atoms with Crippen molar-refractivity contribution >= 4 is 61.3 Å². The van der Waals surface area contributed by atoms with E-state index in [1.165, 1.54) is 0 Å². The molecular formula is C52H52N8O6. The second-order valence-corrected chi connectivity index (χ2v) is 19.9. The molecule has 4 fully saturated rings. The summed E-state index contributed by atoms with van der Waals surface area (Å²) >= 11 is 0. The fourth-order valence-electron chi connectivity index (χ4n) is 11.6. The quantitative estimate of drug-likeness (QED) is 0.115. The molecule has 10 rings (SSSR count). The predicted molar refractivity (Wildman–Crippen MR) is 250 cm³/mol. The number of carbonyl (C=O) groups is 3. The molecule has 3 amide bonds. The van der Waals surface area contributed by atoms with Crippen LogP contribution in [0, 0.1) is 34.5 Å². The zero-order chi connectivity index (χ0) is 46.1. The fraction of sp³-hybridized carbons (Fsp3) is 0.404. The number of fused-ring (bicyclic) bond motifs is 10.